The summed E-state index contributed by atoms with van der Waals surface area (Å²) in [5, 5.41) is 33.5. The smallest absolute Gasteiger partial charge is 0.199 e. The van der Waals surface area contributed by atoms with Crippen LogP contribution in [0.3, 0.4) is 0 Å². The van der Waals surface area contributed by atoms with Crippen molar-refractivity contribution in [2.24, 2.45) is 0 Å². The zero-order valence-electron chi connectivity index (χ0n) is 25.1. The topological polar surface area (TPSA) is 143 Å². The van der Waals surface area contributed by atoms with Crippen molar-refractivity contribution >= 4 is 66.0 Å². The van der Waals surface area contributed by atoms with Crippen molar-refractivity contribution in [2.75, 3.05) is 49.9 Å². The third kappa shape index (κ3) is 4.70. The second-order valence-corrected chi connectivity index (χ2v) is 11.5. The molecule has 230 valence electrons. The molecule has 0 atom stereocenters. The van der Waals surface area contributed by atoms with Crippen LogP contribution in [0.1, 0.15) is 12.8 Å². The number of para-hydroxylation sites is 2. The highest BCUT2D eigenvalue weighted by Gasteiger charge is 2.18. The maximum absolute atomic E-state index is 13.4. The minimum absolute atomic E-state index is 0.00223. The molecule has 0 saturated heterocycles. The van der Waals surface area contributed by atoms with Gasteiger partial charge in [-0.25, -0.2) is 9.03 Å². The van der Waals surface area contributed by atoms with E-state index in [0.717, 1.165) is 85.6 Å². The third-order valence-corrected chi connectivity index (χ3v) is 8.60. The molecule has 4 aromatic heterocycles. The molecule has 0 unspecified atom stereocenters. The number of rotatable bonds is 13. The molecule has 0 saturated carbocycles. The van der Waals surface area contributed by atoms with Gasteiger partial charge in [-0.2, -0.15) is 0 Å². The lowest BCUT2D eigenvalue weighted by atomic mass is 10.1. The van der Waals surface area contributed by atoms with Gasteiger partial charge in [-0.15, -0.1) is 10.2 Å². The molecular weight excluding hydrogens is 580 g/mol. The Labute approximate surface area is 262 Å². The Morgan fingerprint density at radius 3 is 1.46 bits per heavy atom. The number of aromatic nitrogens is 6. The molecule has 0 aliphatic heterocycles. The zero-order valence-corrected chi connectivity index (χ0v) is 25.1. The maximum Gasteiger partial charge on any atom is 0.199 e. The van der Waals surface area contributed by atoms with E-state index in [-0.39, 0.29) is 10.9 Å². The van der Waals surface area contributed by atoms with Crippen LogP contribution in [0.25, 0.3) is 54.6 Å². The lowest BCUT2D eigenvalue weighted by Crippen LogP contribution is -2.29. The largest absolute Gasteiger partial charge is 0.384 e. The molecular formula is C34H32N10O2. The average molecular weight is 613 g/mol. The molecule has 0 radical (unpaired) electrons. The van der Waals surface area contributed by atoms with Crippen molar-refractivity contribution < 1.29 is 0 Å². The molecule has 8 rings (SSSR count). The summed E-state index contributed by atoms with van der Waals surface area (Å²) in [6.45, 7) is 4.91. The quantitative estimate of drug-likeness (QED) is 0.113. The van der Waals surface area contributed by atoms with Gasteiger partial charge < -0.3 is 21.3 Å². The van der Waals surface area contributed by atoms with Crippen LogP contribution in [0.5, 0.6) is 0 Å². The zero-order chi connectivity index (χ0) is 31.0. The Balaban J connectivity index is 0.785. The fourth-order valence-electron chi connectivity index (χ4n) is 6.39. The maximum atomic E-state index is 13.4. The van der Waals surface area contributed by atoms with E-state index >= 15 is 0 Å². The van der Waals surface area contributed by atoms with E-state index in [9.17, 15) is 9.59 Å². The van der Waals surface area contributed by atoms with Crippen LogP contribution in [0.2, 0.25) is 0 Å². The van der Waals surface area contributed by atoms with Crippen molar-refractivity contribution in [1.29, 1.82) is 0 Å². The summed E-state index contributed by atoms with van der Waals surface area (Å²) in [7, 11) is 0. The monoisotopic (exact) mass is 612 g/mol. The molecule has 4 aromatic carbocycles. The van der Waals surface area contributed by atoms with Crippen LogP contribution < -0.4 is 32.1 Å². The Kier molecular flexibility index (Phi) is 7.20. The van der Waals surface area contributed by atoms with Crippen LogP contribution in [0.4, 0.5) is 11.4 Å². The SMILES string of the molecule is O=c1c2ccccc2n2nnc3ccc(NCCCNCCNCCCNc4ccc5nnn6c7ccccc7c(=O)c4c56)c1c32. The highest BCUT2D eigenvalue weighted by Crippen LogP contribution is 2.28. The van der Waals surface area contributed by atoms with E-state index in [1.54, 1.807) is 9.03 Å². The average Bonchev–Trinajstić information content (AvgIpc) is 3.73. The number of nitrogens with zero attached hydrogens (tertiary/aromatic N) is 6. The predicted molar refractivity (Wildman–Crippen MR) is 183 cm³/mol. The van der Waals surface area contributed by atoms with E-state index in [4.69, 9.17) is 0 Å². The minimum atomic E-state index is -0.00223. The van der Waals surface area contributed by atoms with Crippen molar-refractivity contribution in [3.05, 3.63) is 93.2 Å². The summed E-state index contributed by atoms with van der Waals surface area (Å²) >= 11 is 0. The van der Waals surface area contributed by atoms with E-state index in [0.29, 0.717) is 32.6 Å². The van der Waals surface area contributed by atoms with Gasteiger partial charge in [0.2, 0.25) is 0 Å². The fraction of sp³-hybridized carbons (Fsp3) is 0.235. The lowest BCUT2D eigenvalue weighted by molar-refractivity contribution is 0.595. The van der Waals surface area contributed by atoms with Gasteiger partial charge in [0.25, 0.3) is 0 Å². The Bertz CT molecular complexity index is 2280. The minimum Gasteiger partial charge on any atom is -0.384 e. The van der Waals surface area contributed by atoms with Crippen LogP contribution in [0.15, 0.2) is 82.4 Å². The molecule has 4 heterocycles. The van der Waals surface area contributed by atoms with E-state index in [1.165, 1.54) is 0 Å². The van der Waals surface area contributed by atoms with Gasteiger partial charge in [0, 0.05) is 48.3 Å². The fourth-order valence-corrected chi connectivity index (χ4v) is 6.39. The standard InChI is InChI=1S/C34H32N10O2/c45-33-21-7-1-3-9-27(21)43-31-25(39-41-43)13-11-23(29(31)33)37-17-5-15-35-19-20-36-16-6-18-38-24-12-14-26-32-30(24)34(46)22-8-2-4-10-28(22)44(32)42-40-26/h1-4,7-14,35-38H,5-6,15-20H2. The predicted octanol–water partition coefficient (Wildman–Crippen LogP) is 3.46. The molecule has 12 heteroatoms. The summed E-state index contributed by atoms with van der Waals surface area (Å²) in [4.78, 5) is 26.7. The van der Waals surface area contributed by atoms with Gasteiger partial charge in [0.15, 0.2) is 10.9 Å². The van der Waals surface area contributed by atoms with Crippen molar-refractivity contribution in [2.45, 2.75) is 12.8 Å². The summed E-state index contributed by atoms with van der Waals surface area (Å²) < 4.78 is 3.53. The second-order valence-electron chi connectivity index (χ2n) is 11.5. The van der Waals surface area contributed by atoms with Crippen LogP contribution >= 0.6 is 0 Å². The van der Waals surface area contributed by atoms with Crippen molar-refractivity contribution in [3.63, 3.8) is 0 Å². The first-order valence-electron chi connectivity index (χ1n) is 15.6. The van der Waals surface area contributed by atoms with Crippen molar-refractivity contribution in [1.82, 2.24) is 40.3 Å². The second kappa shape index (κ2) is 11.8. The first-order valence-corrected chi connectivity index (χ1v) is 15.6. The molecule has 8 aromatic rings. The van der Waals surface area contributed by atoms with Crippen LogP contribution in [0, 0.1) is 0 Å². The van der Waals surface area contributed by atoms with E-state index in [2.05, 4.69) is 41.9 Å². The van der Waals surface area contributed by atoms with Gasteiger partial charge in [-0.3, -0.25) is 9.59 Å². The number of benzene rings is 4. The van der Waals surface area contributed by atoms with Gasteiger partial charge in [0.1, 0.15) is 22.1 Å². The highest BCUT2D eigenvalue weighted by molar-refractivity contribution is 6.07. The normalized spacial score (nSPS) is 12.1. The molecule has 0 bridgehead atoms. The number of nitrogens with one attached hydrogen (secondary N) is 4. The molecule has 46 heavy (non-hydrogen) atoms. The molecule has 0 aliphatic carbocycles. The van der Waals surface area contributed by atoms with Gasteiger partial charge in [0.05, 0.1) is 21.8 Å². The molecule has 4 N–H and O–H groups in total. The lowest BCUT2D eigenvalue weighted by Gasteiger charge is -2.12. The number of hydrogen-bond acceptors (Lipinski definition) is 10. The van der Waals surface area contributed by atoms with Gasteiger partial charge >= 0.3 is 0 Å². The van der Waals surface area contributed by atoms with Gasteiger partial charge in [-0.1, -0.05) is 34.7 Å². The number of anilines is 2. The number of pyridine rings is 2. The first kappa shape index (κ1) is 28.0. The summed E-state index contributed by atoms with van der Waals surface area (Å²) in [6.07, 6.45) is 1.82. The van der Waals surface area contributed by atoms with Crippen LogP contribution in [-0.2, 0) is 0 Å². The van der Waals surface area contributed by atoms with Crippen LogP contribution in [-0.4, -0.2) is 68.9 Å². The molecule has 0 fully saturated rings. The molecule has 0 aliphatic rings. The highest BCUT2D eigenvalue weighted by atomic mass is 16.1. The number of fused-ring (bicyclic) bond motifs is 4. The summed E-state index contributed by atoms with van der Waals surface area (Å²) in [6, 6.07) is 22.7. The summed E-state index contributed by atoms with van der Waals surface area (Å²) in [5.41, 5.74) is 6.10. The molecule has 0 amide bonds. The first-order chi connectivity index (χ1) is 22.7. The number of hydrogen-bond donors (Lipinski definition) is 4. The molecule has 12 nitrogen and oxygen atoms in total. The Hall–Kier alpha value is -5.46. The van der Waals surface area contributed by atoms with E-state index < -0.39 is 0 Å². The van der Waals surface area contributed by atoms with Gasteiger partial charge in [-0.05, 0) is 74.5 Å². The Morgan fingerprint density at radius 2 is 0.978 bits per heavy atom. The van der Waals surface area contributed by atoms with Crippen molar-refractivity contribution in [3.8, 4) is 0 Å². The summed E-state index contributed by atoms with van der Waals surface area (Å²) in [5.74, 6) is 0. The third-order valence-electron chi connectivity index (χ3n) is 8.60. The molecule has 0 spiro atoms. The Morgan fingerprint density at radius 1 is 0.522 bits per heavy atom. The van der Waals surface area contributed by atoms with E-state index in [1.807, 2.05) is 72.8 Å².